The lowest BCUT2D eigenvalue weighted by molar-refractivity contribution is 0.595. The lowest BCUT2D eigenvalue weighted by Crippen LogP contribution is -2.19. The van der Waals surface area contributed by atoms with Crippen molar-refractivity contribution in [2.45, 2.75) is 71.1 Å². The van der Waals surface area contributed by atoms with Crippen LogP contribution in [0.4, 0.5) is 5.69 Å². The summed E-state index contributed by atoms with van der Waals surface area (Å²) < 4.78 is 31.4. The van der Waals surface area contributed by atoms with Crippen molar-refractivity contribution >= 4 is 37.3 Å². The third-order valence-corrected chi connectivity index (χ3v) is 8.86. The number of benzene rings is 3. The number of thiazole rings is 1. The lowest BCUT2D eigenvalue weighted by atomic mass is 9.89. The van der Waals surface area contributed by atoms with Gasteiger partial charge in [-0.05, 0) is 83.3 Å². The van der Waals surface area contributed by atoms with Gasteiger partial charge in [0.1, 0.15) is 5.01 Å². The van der Waals surface area contributed by atoms with Gasteiger partial charge < -0.3 is 0 Å². The SMILES string of the molecule is Cc1ccc2nc(-c3ccc(NS(=O)(=O)c4c(C(C)C)cc(C(C)C)cc4C(C)C)cc3)sc2c1. The summed E-state index contributed by atoms with van der Waals surface area (Å²) in [4.78, 5) is 5.15. The second-order valence-corrected chi connectivity index (χ2v) is 12.8. The van der Waals surface area contributed by atoms with Crippen molar-refractivity contribution < 1.29 is 8.42 Å². The Labute approximate surface area is 213 Å². The Bertz CT molecular complexity index is 1440. The highest BCUT2D eigenvalue weighted by Gasteiger charge is 2.27. The van der Waals surface area contributed by atoms with Gasteiger partial charge in [-0.1, -0.05) is 59.7 Å². The second kappa shape index (κ2) is 9.75. The summed E-state index contributed by atoms with van der Waals surface area (Å²) in [5.74, 6) is 0.499. The van der Waals surface area contributed by atoms with Crippen molar-refractivity contribution in [2.24, 2.45) is 0 Å². The van der Waals surface area contributed by atoms with Gasteiger partial charge in [0.2, 0.25) is 0 Å². The first-order valence-electron chi connectivity index (χ1n) is 12.1. The standard InChI is InChI=1S/C29H34N2O2S2/c1-17(2)22-15-24(18(3)4)28(25(16-22)19(5)6)35(32,33)31-23-11-9-21(10-12-23)29-30-26-13-8-20(7)14-27(26)34-29/h8-19,31H,1-7H3. The minimum Gasteiger partial charge on any atom is -0.280 e. The van der Waals surface area contributed by atoms with Gasteiger partial charge in [0.05, 0.1) is 15.1 Å². The minimum atomic E-state index is -3.77. The first kappa shape index (κ1) is 25.4. The van der Waals surface area contributed by atoms with E-state index in [0.717, 1.165) is 31.9 Å². The van der Waals surface area contributed by atoms with Gasteiger partial charge in [-0.3, -0.25) is 4.72 Å². The van der Waals surface area contributed by atoms with Crippen LogP contribution in [0.25, 0.3) is 20.8 Å². The molecule has 0 amide bonds. The maximum atomic E-state index is 13.7. The van der Waals surface area contributed by atoms with E-state index < -0.39 is 10.0 Å². The second-order valence-electron chi connectivity index (χ2n) is 10.2. The Morgan fingerprint density at radius 2 is 1.40 bits per heavy atom. The molecule has 1 N–H and O–H groups in total. The number of hydrogen-bond donors (Lipinski definition) is 1. The van der Waals surface area contributed by atoms with Crippen LogP contribution in [-0.2, 0) is 10.0 Å². The van der Waals surface area contributed by atoms with Crippen molar-refractivity contribution in [3.05, 3.63) is 76.9 Å². The van der Waals surface area contributed by atoms with E-state index in [1.807, 2.05) is 30.3 Å². The molecule has 0 aliphatic carbocycles. The molecule has 0 unspecified atom stereocenters. The predicted octanol–water partition coefficient (Wildman–Crippen LogP) is 8.44. The van der Waals surface area contributed by atoms with Crippen LogP contribution in [0.1, 0.15) is 81.5 Å². The summed E-state index contributed by atoms with van der Waals surface area (Å²) in [5, 5.41) is 0.925. The number of aryl methyl sites for hydroxylation is 1. The Morgan fingerprint density at radius 1 is 0.800 bits per heavy atom. The number of anilines is 1. The van der Waals surface area contributed by atoms with Crippen LogP contribution >= 0.6 is 11.3 Å². The highest BCUT2D eigenvalue weighted by molar-refractivity contribution is 7.92. The van der Waals surface area contributed by atoms with E-state index in [9.17, 15) is 8.42 Å². The normalized spacial score (nSPS) is 12.3. The monoisotopic (exact) mass is 506 g/mol. The van der Waals surface area contributed by atoms with Crippen molar-refractivity contribution in [1.82, 2.24) is 4.98 Å². The average Bonchev–Trinajstić information content (AvgIpc) is 3.21. The van der Waals surface area contributed by atoms with Gasteiger partial charge >= 0.3 is 0 Å². The van der Waals surface area contributed by atoms with Crippen molar-refractivity contribution in [3.8, 4) is 10.6 Å². The molecular formula is C29H34N2O2S2. The quantitative estimate of drug-likeness (QED) is 0.273. The summed E-state index contributed by atoms with van der Waals surface area (Å²) in [5.41, 5.74) is 6.62. The fourth-order valence-corrected chi connectivity index (χ4v) is 7.07. The number of hydrogen-bond acceptors (Lipinski definition) is 4. The van der Waals surface area contributed by atoms with Crippen LogP contribution < -0.4 is 4.72 Å². The maximum absolute atomic E-state index is 13.7. The molecule has 0 atom stereocenters. The molecule has 35 heavy (non-hydrogen) atoms. The van der Waals surface area contributed by atoms with Crippen LogP contribution in [0.15, 0.2) is 59.5 Å². The molecule has 1 heterocycles. The zero-order chi connectivity index (χ0) is 25.5. The average molecular weight is 507 g/mol. The first-order chi connectivity index (χ1) is 16.5. The Kier molecular flexibility index (Phi) is 7.07. The van der Waals surface area contributed by atoms with Crippen molar-refractivity contribution in [3.63, 3.8) is 0 Å². The van der Waals surface area contributed by atoms with Gasteiger partial charge in [0.15, 0.2) is 0 Å². The van der Waals surface area contributed by atoms with Crippen LogP contribution in [0.5, 0.6) is 0 Å². The molecule has 1 aromatic heterocycles. The summed E-state index contributed by atoms with van der Waals surface area (Å²) in [7, 11) is -3.77. The number of rotatable bonds is 7. The van der Waals surface area contributed by atoms with E-state index in [1.54, 1.807) is 11.3 Å². The van der Waals surface area contributed by atoms with Gasteiger partial charge in [0, 0.05) is 11.3 Å². The van der Waals surface area contributed by atoms with Crippen LogP contribution in [0, 0.1) is 6.92 Å². The Balaban J connectivity index is 1.69. The molecule has 0 saturated carbocycles. The Hall–Kier alpha value is -2.70. The van der Waals surface area contributed by atoms with Crippen LogP contribution in [0.3, 0.4) is 0 Å². The summed E-state index contributed by atoms with van der Waals surface area (Å²) in [6, 6.07) is 17.9. The molecule has 4 aromatic rings. The third kappa shape index (κ3) is 5.29. The minimum absolute atomic E-state index is 0.0859. The zero-order valence-corrected chi connectivity index (χ0v) is 23.1. The molecule has 0 spiro atoms. The van der Waals surface area contributed by atoms with E-state index in [1.165, 1.54) is 11.1 Å². The largest absolute Gasteiger partial charge is 0.280 e. The van der Waals surface area contributed by atoms with E-state index in [-0.39, 0.29) is 11.8 Å². The molecule has 0 fully saturated rings. The molecular weight excluding hydrogens is 472 g/mol. The highest BCUT2D eigenvalue weighted by Crippen LogP contribution is 2.36. The van der Waals surface area contributed by atoms with Crippen molar-refractivity contribution in [2.75, 3.05) is 4.72 Å². The van der Waals surface area contributed by atoms with E-state index in [2.05, 4.69) is 77.5 Å². The van der Waals surface area contributed by atoms with Gasteiger partial charge in [-0.2, -0.15) is 0 Å². The summed E-state index contributed by atoms with van der Waals surface area (Å²) in [6.45, 7) is 14.6. The fourth-order valence-electron chi connectivity index (χ4n) is 4.24. The molecule has 4 nitrogen and oxygen atoms in total. The molecule has 6 heteroatoms. The topological polar surface area (TPSA) is 59.1 Å². The molecule has 0 aliphatic rings. The molecule has 0 saturated heterocycles. The molecule has 4 rings (SSSR count). The van der Waals surface area contributed by atoms with Crippen LogP contribution in [-0.4, -0.2) is 13.4 Å². The lowest BCUT2D eigenvalue weighted by Gasteiger charge is -2.23. The van der Waals surface area contributed by atoms with E-state index >= 15 is 0 Å². The van der Waals surface area contributed by atoms with Gasteiger partial charge in [-0.15, -0.1) is 11.3 Å². The smallest absolute Gasteiger partial charge is 0.262 e. The summed E-state index contributed by atoms with van der Waals surface area (Å²) in [6.07, 6.45) is 0. The number of nitrogens with zero attached hydrogens (tertiary/aromatic N) is 1. The zero-order valence-electron chi connectivity index (χ0n) is 21.5. The molecule has 3 aromatic carbocycles. The number of sulfonamides is 1. The van der Waals surface area contributed by atoms with Crippen molar-refractivity contribution in [1.29, 1.82) is 0 Å². The predicted molar refractivity (Wildman–Crippen MR) is 149 cm³/mol. The maximum Gasteiger partial charge on any atom is 0.262 e. The molecule has 0 radical (unpaired) electrons. The first-order valence-corrected chi connectivity index (χ1v) is 14.4. The highest BCUT2D eigenvalue weighted by atomic mass is 32.2. The number of aromatic nitrogens is 1. The molecule has 184 valence electrons. The van der Waals surface area contributed by atoms with Crippen LogP contribution in [0.2, 0.25) is 0 Å². The van der Waals surface area contributed by atoms with Gasteiger partial charge in [0.25, 0.3) is 10.0 Å². The number of fused-ring (bicyclic) bond motifs is 1. The van der Waals surface area contributed by atoms with Gasteiger partial charge in [-0.25, -0.2) is 13.4 Å². The molecule has 0 bridgehead atoms. The third-order valence-electron chi connectivity index (χ3n) is 6.28. The van der Waals surface area contributed by atoms with E-state index in [4.69, 9.17) is 4.98 Å². The fraction of sp³-hybridized carbons (Fsp3) is 0.345. The number of nitrogens with one attached hydrogen (secondary N) is 1. The molecule has 0 aliphatic heterocycles. The Morgan fingerprint density at radius 3 is 1.94 bits per heavy atom. The van der Waals surface area contributed by atoms with E-state index in [0.29, 0.717) is 16.5 Å². The summed E-state index contributed by atoms with van der Waals surface area (Å²) >= 11 is 1.64.